The van der Waals surface area contributed by atoms with E-state index in [1.54, 1.807) is 6.20 Å². The lowest BCUT2D eigenvalue weighted by Gasteiger charge is -2.47. The highest BCUT2D eigenvalue weighted by Gasteiger charge is 2.33. The van der Waals surface area contributed by atoms with Crippen LogP contribution in [0.25, 0.3) is 11.3 Å². The van der Waals surface area contributed by atoms with Crippen LogP contribution in [0, 0.1) is 12.1 Å². The number of nitrogens with zero attached hydrogens (tertiary/aromatic N) is 2. The zero-order valence-electron chi connectivity index (χ0n) is 12.1. The summed E-state index contributed by atoms with van der Waals surface area (Å²) in [5.41, 5.74) is 3.22. The van der Waals surface area contributed by atoms with E-state index in [4.69, 9.17) is 0 Å². The molecule has 1 saturated heterocycles. The van der Waals surface area contributed by atoms with E-state index in [0.717, 1.165) is 30.5 Å². The maximum Gasteiger partial charge on any atom is 0.307 e. The van der Waals surface area contributed by atoms with Crippen molar-refractivity contribution in [1.29, 1.82) is 0 Å². The Labute approximate surface area is 119 Å². The Morgan fingerprint density at radius 2 is 2.00 bits per heavy atom. The summed E-state index contributed by atoms with van der Waals surface area (Å²) < 4.78 is -0.314. The van der Waals surface area contributed by atoms with Gasteiger partial charge in [0.2, 0.25) is 0 Å². The van der Waals surface area contributed by atoms with Crippen molar-refractivity contribution in [3.63, 3.8) is 0 Å². The van der Waals surface area contributed by atoms with Crippen LogP contribution in [-0.4, -0.2) is 22.6 Å². The monoisotopic (exact) mass is 271 g/mol. The molecule has 1 N–H and O–H groups in total. The van der Waals surface area contributed by atoms with Gasteiger partial charge in [-0.15, -0.1) is 0 Å². The minimum atomic E-state index is -0.314. The second-order valence-electron chi connectivity index (χ2n) is 5.85. The van der Waals surface area contributed by atoms with E-state index < -0.39 is 0 Å². The second-order valence-corrected chi connectivity index (χ2v) is 5.85. The smallest absolute Gasteiger partial charge is 0.307 e. The third-order valence-electron chi connectivity index (χ3n) is 4.36. The average molecular weight is 271 g/mol. The molecule has 2 heterocycles. The zero-order chi connectivity index (χ0) is 14.2. The van der Waals surface area contributed by atoms with Crippen LogP contribution in [0.5, 0.6) is 0 Å². The van der Waals surface area contributed by atoms with E-state index in [1.165, 1.54) is 5.56 Å². The summed E-state index contributed by atoms with van der Waals surface area (Å²) in [4.78, 5) is 7.60. The lowest BCUT2D eigenvalue weighted by atomic mass is 10.0. The Bertz CT molecular complexity index is 590. The predicted octanol–water partition coefficient (Wildman–Crippen LogP) is 3.76. The van der Waals surface area contributed by atoms with Crippen LogP contribution in [0.2, 0.25) is 0 Å². The van der Waals surface area contributed by atoms with Gasteiger partial charge in [-0.2, -0.15) is 4.98 Å². The largest absolute Gasteiger partial charge is 0.625 e. The molecular weight excluding hydrogens is 250 g/mol. The first-order valence-corrected chi connectivity index (χ1v) is 7.31. The quantitative estimate of drug-likeness (QED) is 0.668. The molecule has 0 spiro atoms. The maximum atomic E-state index is 13.0. The van der Waals surface area contributed by atoms with Crippen molar-refractivity contribution in [1.82, 2.24) is 14.6 Å². The standard InChI is InChI=1S/C16H21N3O/c1-12-6-8-14(9-7-12)15-11-17-16(18-15)19(20)10-4-3-5-13(19)2/h6-9,11,13H,3-5,10H2,1-2H3,(H,17,18)/t13-,19?/m0/s1. The number of H-pyrrole nitrogens is 1. The number of aromatic nitrogens is 2. The van der Waals surface area contributed by atoms with E-state index in [1.807, 2.05) is 6.92 Å². The van der Waals surface area contributed by atoms with Gasteiger partial charge in [-0.25, -0.2) is 0 Å². The molecule has 1 unspecified atom stereocenters. The molecule has 20 heavy (non-hydrogen) atoms. The number of quaternary nitrogens is 1. The minimum absolute atomic E-state index is 0.0840. The zero-order valence-corrected chi connectivity index (χ0v) is 12.1. The molecule has 4 heteroatoms. The Morgan fingerprint density at radius 3 is 2.70 bits per heavy atom. The molecule has 1 aliphatic rings. The number of imidazole rings is 1. The van der Waals surface area contributed by atoms with Gasteiger partial charge in [-0.3, -0.25) is 9.63 Å². The first-order valence-electron chi connectivity index (χ1n) is 7.31. The molecule has 1 aromatic carbocycles. The van der Waals surface area contributed by atoms with Gasteiger partial charge in [-0.1, -0.05) is 29.8 Å². The Balaban J connectivity index is 1.91. The van der Waals surface area contributed by atoms with Gasteiger partial charge in [0, 0.05) is 6.42 Å². The fraction of sp³-hybridized carbons (Fsp3) is 0.438. The number of hydrogen-bond donors (Lipinski definition) is 1. The summed E-state index contributed by atoms with van der Waals surface area (Å²) in [5, 5.41) is 13.0. The third kappa shape index (κ3) is 2.25. The highest BCUT2D eigenvalue weighted by molar-refractivity contribution is 5.60. The molecule has 0 saturated carbocycles. The van der Waals surface area contributed by atoms with Crippen molar-refractivity contribution in [2.45, 2.75) is 39.2 Å². The summed E-state index contributed by atoms with van der Waals surface area (Å²) in [6.07, 6.45) is 4.88. The van der Waals surface area contributed by atoms with Crippen LogP contribution in [0.4, 0.5) is 5.95 Å². The van der Waals surface area contributed by atoms with Gasteiger partial charge < -0.3 is 5.21 Å². The molecule has 0 amide bonds. The summed E-state index contributed by atoms with van der Waals surface area (Å²) in [6, 6.07) is 8.34. The van der Waals surface area contributed by atoms with Crippen molar-refractivity contribution >= 4 is 5.95 Å². The molecular formula is C16H21N3O. The summed E-state index contributed by atoms with van der Waals surface area (Å²) >= 11 is 0. The van der Waals surface area contributed by atoms with E-state index in [0.29, 0.717) is 12.5 Å². The first kappa shape index (κ1) is 13.3. The SMILES string of the molecule is Cc1ccc(-c2cnc([N+]3([O-])CCCC[C@@H]3C)[nH]2)cc1. The normalized spacial score (nSPS) is 26.6. The van der Waals surface area contributed by atoms with E-state index in [2.05, 4.69) is 41.2 Å². The molecule has 0 radical (unpaired) electrons. The number of benzene rings is 1. The Kier molecular flexibility index (Phi) is 3.36. The van der Waals surface area contributed by atoms with Gasteiger partial charge in [0.05, 0.1) is 24.5 Å². The molecule has 1 aliphatic heterocycles. The van der Waals surface area contributed by atoms with Crippen molar-refractivity contribution in [2.75, 3.05) is 6.54 Å². The lowest BCUT2D eigenvalue weighted by Crippen LogP contribution is -2.54. The number of hydrogen-bond acceptors (Lipinski definition) is 2. The van der Waals surface area contributed by atoms with E-state index in [-0.39, 0.29) is 10.7 Å². The molecule has 106 valence electrons. The number of nitrogens with one attached hydrogen (secondary N) is 1. The number of hydroxylamine groups is 2. The van der Waals surface area contributed by atoms with Crippen LogP contribution in [-0.2, 0) is 0 Å². The molecule has 1 aromatic heterocycles. The Morgan fingerprint density at radius 1 is 1.25 bits per heavy atom. The van der Waals surface area contributed by atoms with Gasteiger partial charge >= 0.3 is 5.95 Å². The number of rotatable bonds is 2. The maximum absolute atomic E-state index is 13.0. The minimum Gasteiger partial charge on any atom is -0.625 e. The molecule has 2 atom stereocenters. The summed E-state index contributed by atoms with van der Waals surface area (Å²) in [6.45, 7) is 4.72. The third-order valence-corrected chi connectivity index (χ3v) is 4.36. The van der Waals surface area contributed by atoms with Gasteiger partial charge in [-0.05, 0) is 32.3 Å². The number of aromatic amines is 1. The summed E-state index contributed by atoms with van der Waals surface area (Å²) in [5.74, 6) is 0.549. The van der Waals surface area contributed by atoms with Gasteiger partial charge in [0.15, 0.2) is 0 Å². The molecule has 3 rings (SSSR count). The molecule has 1 fully saturated rings. The fourth-order valence-electron chi connectivity index (χ4n) is 2.91. The van der Waals surface area contributed by atoms with Gasteiger partial charge in [0.25, 0.3) is 0 Å². The van der Waals surface area contributed by atoms with Crippen LogP contribution in [0.15, 0.2) is 30.5 Å². The number of aryl methyl sites for hydroxylation is 1. The van der Waals surface area contributed by atoms with Crippen molar-refractivity contribution < 1.29 is 0 Å². The van der Waals surface area contributed by atoms with Crippen molar-refractivity contribution in [2.24, 2.45) is 0 Å². The second kappa shape index (κ2) is 5.04. The van der Waals surface area contributed by atoms with Crippen LogP contribution < -0.4 is 4.65 Å². The van der Waals surface area contributed by atoms with Crippen molar-refractivity contribution in [3.8, 4) is 11.3 Å². The topological polar surface area (TPSA) is 51.7 Å². The molecule has 2 aromatic rings. The first-order chi connectivity index (χ1) is 9.59. The number of piperidine rings is 1. The van der Waals surface area contributed by atoms with Crippen LogP contribution in [0.1, 0.15) is 31.7 Å². The lowest BCUT2D eigenvalue weighted by molar-refractivity contribution is 0.220. The van der Waals surface area contributed by atoms with Crippen molar-refractivity contribution in [3.05, 3.63) is 41.2 Å². The van der Waals surface area contributed by atoms with E-state index >= 15 is 0 Å². The molecule has 4 nitrogen and oxygen atoms in total. The highest BCUT2D eigenvalue weighted by atomic mass is 16.6. The average Bonchev–Trinajstić information content (AvgIpc) is 2.93. The van der Waals surface area contributed by atoms with Crippen LogP contribution in [0.3, 0.4) is 0 Å². The molecule has 0 aliphatic carbocycles. The van der Waals surface area contributed by atoms with E-state index in [9.17, 15) is 5.21 Å². The Hall–Kier alpha value is -1.65. The van der Waals surface area contributed by atoms with Crippen LogP contribution >= 0.6 is 0 Å². The van der Waals surface area contributed by atoms with Gasteiger partial charge in [0.1, 0.15) is 0 Å². The summed E-state index contributed by atoms with van der Waals surface area (Å²) in [7, 11) is 0. The highest BCUT2D eigenvalue weighted by Crippen LogP contribution is 2.31. The molecule has 0 bridgehead atoms. The predicted molar refractivity (Wildman–Crippen MR) is 82.1 cm³/mol. The fourth-order valence-corrected chi connectivity index (χ4v) is 2.91.